The molecule has 4 rings (SSSR count). The predicted molar refractivity (Wildman–Crippen MR) is 105 cm³/mol. The molecule has 0 spiro atoms. The van der Waals surface area contributed by atoms with Gasteiger partial charge >= 0.3 is 0 Å². The van der Waals surface area contributed by atoms with Crippen molar-refractivity contribution in [1.82, 2.24) is 14.8 Å². The lowest BCUT2D eigenvalue weighted by Gasteiger charge is -2.13. The van der Waals surface area contributed by atoms with Crippen molar-refractivity contribution in [1.29, 1.82) is 0 Å². The van der Waals surface area contributed by atoms with Crippen LogP contribution in [-0.4, -0.2) is 20.7 Å². The summed E-state index contributed by atoms with van der Waals surface area (Å²) in [6, 6.07) is 11.7. The number of hydrogen-bond acceptors (Lipinski definition) is 3. The molecule has 0 unspecified atom stereocenters. The van der Waals surface area contributed by atoms with Crippen molar-refractivity contribution in [3.63, 3.8) is 0 Å². The topological polar surface area (TPSA) is 59.8 Å². The number of anilines is 1. The number of hydrogen-bond donors (Lipinski definition) is 1. The van der Waals surface area contributed by atoms with Gasteiger partial charge in [-0.2, -0.15) is 0 Å². The molecule has 5 nitrogen and oxygen atoms in total. The normalized spacial score (nSPS) is 13.7. The molecule has 0 bridgehead atoms. The van der Waals surface area contributed by atoms with Crippen molar-refractivity contribution in [2.45, 2.75) is 32.2 Å². The fourth-order valence-corrected chi connectivity index (χ4v) is 3.69. The Labute approximate surface area is 164 Å². The van der Waals surface area contributed by atoms with E-state index in [1.54, 1.807) is 12.1 Å². The minimum absolute atomic E-state index is 0.0146. The van der Waals surface area contributed by atoms with Gasteiger partial charge in [-0.25, -0.2) is 4.39 Å². The zero-order valence-corrected chi connectivity index (χ0v) is 16.2. The Kier molecular flexibility index (Phi) is 5.03. The Balaban J connectivity index is 1.69. The smallest absolute Gasteiger partial charge is 0.258 e. The van der Waals surface area contributed by atoms with Gasteiger partial charge in [-0.15, -0.1) is 10.2 Å². The third-order valence-electron chi connectivity index (χ3n) is 4.70. The van der Waals surface area contributed by atoms with Crippen LogP contribution >= 0.6 is 15.9 Å². The fraction of sp³-hybridized carbons (Fsp3) is 0.250. The second-order valence-electron chi connectivity index (χ2n) is 6.53. The molecule has 0 saturated heterocycles. The first-order valence-corrected chi connectivity index (χ1v) is 9.70. The average molecular weight is 429 g/mol. The number of carbonyl (C=O) groups excluding carboxylic acids is 1. The third kappa shape index (κ3) is 3.64. The summed E-state index contributed by atoms with van der Waals surface area (Å²) in [5.41, 5.74) is 1.35. The number of aryl methyl sites for hydroxylation is 1. The molecule has 1 aliphatic heterocycles. The number of fused-ring (bicyclic) bond motifs is 1. The second-order valence-corrected chi connectivity index (χ2v) is 7.44. The molecule has 1 aliphatic rings. The van der Waals surface area contributed by atoms with Gasteiger partial charge in [-0.3, -0.25) is 4.79 Å². The summed E-state index contributed by atoms with van der Waals surface area (Å²) >= 11 is 3.28. The predicted octanol–water partition coefficient (Wildman–Crippen LogP) is 4.83. The quantitative estimate of drug-likeness (QED) is 0.649. The standard InChI is InChI=1S/C20H18BrFN4O/c21-13-9-10-16(22)15(12-13)20(27)23-17-7-4-3-6-14(17)19-25-24-18-8-2-1-5-11-26(18)19/h3-4,6-7,9-10,12H,1-2,5,8,11H2,(H,23,27). The SMILES string of the molecule is O=C(Nc1ccccc1-c1nnc2n1CCCCC2)c1cc(Br)ccc1F. The molecule has 1 aromatic heterocycles. The van der Waals surface area contributed by atoms with Crippen LogP contribution in [0, 0.1) is 5.82 Å². The van der Waals surface area contributed by atoms with Crippen LogP contribution < -0.4 is 5.32 Å². The molecule has 3 aromatic rings. The zero-order chi connectivity index (χ0) is 18.8. The summed E-state index contributed by atoms with van der Waals surface area (Å²) < 4.78 is 16.8. The first-order chi connectivity index (χ1) is 13.1. The van der Waals surface area contributed by atoms with E-state index < -0.39 is 11.7 Å². The highest BCUT2D eigenvalue weighted by atomic mass is 79.9. The number of amides is 1. The molecule has 2 heterocycles. The van der Waals surface area contributed by atoms with Crippen LogP contribution in [0.2, 0.25) is 0 Å². The molecule has 0 aliphatic carbocycles. The van der Waals surface area contributed by atoms with Crippen LogP contribution in [-0.2, 0) is 13.0 Å². The van der Waals surface area contributed by atoms with Crippen molar-refractivity contribution < 1.29 is 9.18 Å². The molecular weight excluding hydrogens is 411 g/mol. The van der Waals surface area contributed by atoms with Crippen LogP contribution in [0.25, 0.3) is 11.4 Å². The van der Waals surface area contributed by atoms with E-state index in [1.807, 2.05) is 18.2 Å². The summed E-state index contributed by atoms with van der Waals surface area (Å²) in [5.74, 6) is 0.639. The minimum Gasteiger partial charge on any atom is -0.321 e. The molecule has 0 radical (unpaired) electrons. The van der Waals surface area contributed by atoms with Crippen molar-refractivity contribution in [2.75, 3.05) is 5.32 Å². The number of nitrogens with zero attached hydrogens (tertiary/aromatic N) is 3. The Morgan fingerprint density at radius 2 is 1.96 bits per heavy atom. The molecule has 7 heteroatoms. The molecule has 1 N–H and O–H groups in total. The van der Waals surface area contributed by atoms with Crippen LogP contribution in [0.4, 0.5) is 10.1 Å². The largest absolute Gasteiger partial charge is 0.321 e. The number of carbonyl (C=O) groups is 1. The van der Waals surface area contributed by atoms with Gasteiger partial charge < -0.3 is 9.88 Å². The van der Waals surface area contributed by atoms with Gasteiger partial charge in [-0.1, -0.05) is 34.5 Å². The Bertz CT molecular complexity index is 1000. The van der Waals surface area contributed by atoms with E-state index in [-0.39, 0.29) is 5.56 Å². The van der Waals surface area contributed by atoms with Gasteiger partial charge in [0.15, 0.2) is 5.82 Å². The highest BCUT2D eigenvalue weighted by Gasteiger charge is 2.20. The van der Waals surface area contributed by atoms with E-state index in [2.05, 4.69) is 36.0 Å². The molecule has 0 atom stereocenters. The fourth-order valence-electron chi connectivity index (χ4n) is 3.33. The highest BCUT2D eigenvalue weighted by Crippen LogP contribution is 2.29. The number of benzene rings is 2. The molecular formula is C20H18BrFN4O. The monoisotopic (exact) mass is 428 g/mol. The summed E-state index contributed by atoms with van der Waals surface area (Å²) in [6.07, 6.45) is 4.27. The van der Waals surface area contributed by atoms with E-state index in [0.717, 1.165) is 43.0 Å². The lowest BCUT2D eigenvalue weighted by atomic mass is 10.1. The first-order valence-electron chi connectivity index (χ1n) is 8.91. The molecule has 0 saturated carbocycles. The first kappa shape index (κ1) is 17.9. The number of rotatable bonds is 3. The Morgan fingerprint density at radius 1 is 1.11 bits per heavy atom. The van der Waals surface area contributed by atoms with E-state index in [4.69, 9.17) is 0 Å². The number of halogens is 2. The van der Waals surface area contributed by atoms with E-state index in [1.165, 1.54) is 18.6 Å². The highest BCUT2D eigenvalue weighted by molar-refractivity contribution is 9.10. The van der Waals surface area contributed by atoms with Crippen LogP contribution in [0.5, 0.6) is 0 Å². The van der Waals surface area contributed by atoms with Crippen LogP contribution in [0.1, 0.15) is 35.4 Å². The molecule has 1 amide bonds. The Hall–Kier alpha value is -2.54. The number of aromatic nitrogens is 3. The maximum absolute atomic E-state index is 14.1. The maximum Gasteiger partial charge on any atom is 0.258 e. The van der Waals surface area contributed by atoms with Gasteiger partial charge in [0.25, 0.3) is 5.91 Å². The van der Waals surface area contributed by atoms with Crippen molar-refractivity contribution in [3.8, 4) is 11.4 Å². The number of para-hydroxylation sites is 1. The van der Waals surface area contributed by atoms with Gasteiger partial charge in [0, 0.05) is 23.0 Å². The average Bonchev–Trinajstić information content (AvgIpc) is 2.92. The summed E-state index contributed by atoms with van der Waals surface area (Å²) in [7, 11) is 0. The second kappa shape index (κ2) is 7.60. The maximum atomic E-state index is 14.1. The summed E-state index contributed by atoms with van der Waals surface area (Å²) in [4.78, 5) is 12.6. The van der Waals surface area contributed by atoms with Crippen LogP contribution in [0.15, 0.2) is 46.9 Å². The third-order valence-corrected chi connectivity index (χ3v) is 5.19. The van der Waals surface area contributed by atoms with Crippen molar-refractivity contribution in [3.05, 3.63) is 64.1 Å². The molecule has 0 fully saturated rings. The summed E-state index contributed by atoms with van der Waals surface area (Å²) in [5, 5.41) is 11.5. The van der Waals surface area contributed by atoms with Crippen molar-refractivity contribution in [2.24, 2.45) is 0 Å². The lowest BCUT2D eigenvalue weighted by Crippen LogP contribution is -2.15. The van der Waals surface area contributed by atoms with E-state index in [9.17, 15) is 9.18 Å². The molecule has 27 heavy (non-hydrogen) atoms. The van der Waals surface area contributed by atoms with E-state index in [0.29, 0.717) is 10.2 Å². The zero-order valence-electron chi connectivity index (χ0n) is 14.6. The van der Waals surface area contributed by atoms with Gasteiger partial charge in [-0.05, 0) is 43.2 Å². The van der Waals surface area contributed by atoms with Gasteiger partial charge in [0.05, 0.1) is 11.3 Å². The molecule has 2 aromatic carbocycles. The van der Waals surface area contributed by atoms with Gasteiger partial charge in [0.2, 0.25) is 0 Å². The summed E-state index contributed by atoms with van der Waals surface area (Å²) in [6.45, 7) is 0.861. The lowest BCUT2D eigenvalue weighted by molar-refractivity contribution is 0.102. The van der Waals surface area contributed by atoms with Crippen LogP contribution in [0.3, 0.4) is 0 Å². The number of nitrogens with one attached hydrogen (secondary N) is 1. The van der Waals surface area contributed by atoms with Crippen molar-refractivity contribution >= 4 is 27.5 Å². The Morgan fingerprint density at radius 3 is 2.85 bits per heavy atom. The van der Waals surface area contributed by atoms with E-state index >= 15 is 0 Å². The van der Waals surface area contributed by atoms with Gasteiger partial charge in [0.1, 0.15) is 11.6 Å². The molecule has 138 valence electrons. The minimum atomic E-state index is -0.565.